The van der Waals surface area contributed by atoms with Gasteiger partial charge in [-0.05, 0) is 30.7 Å². The predicted octanol–water partition coefficient (Wildman–Crippen LogP) is 4.07. The van der Waals surface area contributed by atoms with Crippen LogP contribution in [0.15, 0.2) is 60.8 Å². The molecule has 2 aromatic heterocycles. The van der Waals surface area contributed by atoms with E-state index in [0.717, 1.165) is 22.3 Å². The summed E-state index contributed by atoms with van der Waals surface area (Å²) < 4.78 is 1.71. The van der Waals surface area contributed by atoms with Crippen molar-refractivity contribution in [1.82, 2.24) is 14.8 Å². The number of carbonyl (C=O) groups is 1. The summed E-state index contributed by atoms with van der Waals surface area (Å²) in [4.78, 5) is 17.4. The van der Waals surface area contributed by atoms with Crippen molar-refractivity contribution >= 4 is 22.6 Å². The van der Waals surface area contributed by atoms with Crippen LogP contribution in [0.25, 0.3) is 22.2 Å². The van der Waals surface area contributed by atoms with E-state index in [2.05, 4.69) is 21.5 Å². The van der Waals surface area contributed by atoms with Gasteiger partial charge in [-0.15, -0.1) is 0 Å². The largest absolute Gasteiger partial charge is 0.321 e. The van der Waals surface area contributed by atoms with Crippen LogP contribution in [0.3, 0.4) is 0 Å². The number of fused-ring (bicyclic) bond motifs is 1. The molecule has 28 heavy (non-hydrogen) atoms. The van der Waals surface area contributed by atoms with Gasteiger partial charge in [-0.3, -0.25) is 9.48 Å². The lowest BCUT2D eigenvalue weighted by Gasteiger charge is -2.11. The van der Waals surface area contributed by atoms with Crippen LogP contribution in [-0.2, 0) is 7.05 Å². The fourth-order valence-electron chi connectivity index (χ4n) is 3.31. The summed E-state index contributed by atoms with van der Waals surface area (Å²) in [6, 6.07) is 18.6. The van der Waals surface area contributed by atoms with Crippen molar-refractivity contribution in [3.8, 4) is 17.2 Å². The van der Waals surface area contributed by atoms with E-state index in [-0.39, 0.29) is 5.91 Å². The molecule has 2 aromatic carbocycles. The molecular formula is C22H17N5O. The number of hydrogen-bond acceptors (Lipinski definition) is 4. The molecule has 0 unspecified atom stereocenters. The summed E-state index contributed by atoms with van der Waals surface area (Å²) in [5.41, 5.74) is 4.67. The van der Waals surface area contributed by atoms with Gasteiger partial charge >= 0.3 is 0 Å². The minimum atomic E-state index is -0.258. The predicted molar refractivity (Wildman–Crippen MR) is 108 cm³/mol. The summed E-state index contributed by atoms with van der Waals surface area (Å²) in [7, 11) is 1.84. The monoisotopic (exact) mass is 367 g/mol. The molecule has 0 aliphatic heterocycles. The van der Waals surface area contributed by atoms with Crippen LogP contribution in [0.4, 0.5) is 5.69 Å². The minimum Gasteiger partial charge on any atom is -0.321 e. The third kappa shape index (κ3) is 2.99. The third-order valence-corrected chi connectivity index (χ3v) is 4.63. The first-order valence-electron chi connectivity index (χ1n) is 8.77. The number of nitrogens with zero attached hydrogens (tertiary/aromatic N) is 4. The lowest BCUT2D eigenvalue weighted by atomic mass is 9.95. The molecule has 136 valence electrons. The van der Waals surface area contributed by atoms with Crippen LogP contribution >= 0.6 is 0 Å². The standard InChI is InChI=1S/C22H17N5O/c1-14-20-11-16(13-24-21(20)27(2)26-14)25-22(28)19-10-6-5-9-18(19)17-8-4-3-7-15(17)12-23/h3-11,13H,1-2H3,(H,25,28). The van der Waals surface area contributed by atoms with Gasteiger partial charge in [-0.25, -0.2) is 4.98 Å². The van der Waals surface area contributed by atoms with Gasteiger partial charge in [-0.2, -0.15) is 10.4 Å². The molecule has 1 N–H and O–H groups in total. The van der Waals surface area contributed by atoms with Crippen molar-refractivity contribution < 1.29 is 4.79 Å². The van der Waals surface area contributed by atoms with E-state index < -0.39 is 0 Å². The molecule has 2 heterocycles. The number of aromatic nitrogens is 3. The molecule has 1 amide bonds. The zero-order valence-electron chi connectivity index (χ0n) is 15.5. The van der Waals surface area contributed by atoms with Crippen molar-refractivity contribution in [2.24, 2.45) is 7.05 Å². The summed E-state index contributed by atoms with van der Waals surface area (Å²) in [6.45, 7) is 1.91. The smallest absolute Gasteiger partial charge is 0.256 e. The van der Waals surface area contributed by atoms with Crippen LogP contribution in [0.5, 0.6) is 0 Å². The molecular weight excluding hydrogens is 350 g/mol. The average Bonchev–Trinajstić information content (AvgIpc) is 3.01. The van der Waals surface area contributed by atoms with Gasteiger partial charge in [0.05, 0.1) is 29.2 Å². The van der Waals surface area contributed by atoms with Crippen LogP contribution in [0.1, 0.15) is 21.6 Å². The lowest BCUT2D eigenvalue weighted by Crippen LogP contribution is -2.13. The third-order valence-electron chi connectivity index (χ3n) is 4.63. The van der Waals surface area contributed by atoms with Crippen molar-refractivity contribution in [3.05, 3.63) is 77.6 Å². The SMILES string of the molecule is Cc1nn(C)c2ncc(NC(=O)c3ccccc3-c3ccccc3C#N)cc12. The van der Waals surface area contributed by atoms with E-state index in [1.54, 1.807) is 29.1 Å². The van der Waals surface area contributed by atoms with E-state index in [0.29, 0.717) is 22.4 Å². The number of amides is 1. The Morgan fingerprint density at radius 1 is 1.11 bits per heavy atom. The highest BCUT2D eigenvalue weighted by atomic mass is 16.1. The van der Waals surface area contributed by atoms with Gasteiger partial charge in [-0.1, -0.05) is 36.4 Å². The van der Waals surface area contributed by atoms with Gasteiger partial charge in [0.15, 0.2) is 5.65 Å². The first-order valence-corrected chi connectivity index (χ1v) is 8.77. The van der Waals surface area contributed by atoms with Crippen molar-refractivity contribution in [2.75, 3.05) is 5.32 Å². The molecule has 4 aromatic rings. The topological polar surface area (TPSA) is 83.6 Å². The maximum atomic E-state index is 13.0. The molecule has 0 fully saturated rings. The van der Waals surface area contributed by atoms with E-state index in [9.17, 15) is 10.1 Å². The first-order chi connectivity index (χ1) is 13.6. The summed E-state index contributed by atoms with van der Waals surface area (Å²) >= 11 is 0. The fourth-order valence-corrected chi connectivity index (χ4v) is 3.31. The normalized spacial score (nSPS) is 10.6. The van der Waals surface area contributed by atoms with Gasteiger partial charge in [0.2, 0.25) is 0 Å². The van der Waals surface area contributed by atoms with Gasteiger partial charge in [0.25, 0.3) is 5.91 Å². The second-order valence-electron chi connectivity index (χ2n) is 6.46. The number of pyridine rings is 1. The summed E-state index contributed by atoms with van der Waals surface area (Å²) in [5, 5.41) is 17.6. The first kappa shape index (κ1) is 17.4. The highest BCUT2D eigenvalue weighted by molar-refractivity contribution is 6.09. The molecule has 0 aliphatic carbocycles. The van der Waals surface area contributed by atoms with Crippen molar-refractivity contribution in [1.29, 1.82) is 5.26 Å². The molecule has 0 saturated carbocycles. The Morgan fingerprint density at radius 2 is 1.82 bits per heavy atom. The lowest BCUT2D eigenvalue weighted by molar-refractivity contribution is 0.102. The quantitative estimate of drug-likeness (QED) is 0.592. The van der Waals surface area contributed by atoms with Crippen LogP contribution < -0.4 is 5.32 Å². The molecule has 0 atom stereocenters. The van der Waals surface area contributed by atoms with Gasteiger partial charge in [0.1, 0.15) is 0 Å². The van der Waals surface area contributed by atoms with E-state index >= 15 is 0 Å². The Kier molecular flexibility index (Phi) is 4.34. The van der Waals surface area contributed by atoms with E-state index in [1.807, 2.05) is 50.4 Å². The molecule has 0 spiro atoms. The van der Waals surface area contributed by atoms with Crippen LogP contribution in [-0.4, -0.2) is 20.7 Å². The summed E-state index contributed by atoms with van der Waals surface area (Å²) in [6.07, 6.45) is 1.62. The molecule has 0 saturated heterocycles. The maximum Gasteiger partial charge on any atom is 0.256 e. The summed E-state index contributed by atoms with van der Waals surface area (Å²) in [5.74, 6) is -0.258. The Hall–Kier alpha value is -3.98. The Morgan fingerprint density at radius 3 is 2.61 bits per heavy atom. The van der Waals surface area contributed by atoms with Gasteiger partial charge < -0.3 is 5.32 Å². The number of aryl methyl sites for hydroxylation is 2. The van der Waals surface area contributed by atoms with Crippen molar-refractivity contribution in [2.45, 2.75) is 6.92 Å². The molecule has 0 radical (unpaired) electrons. The molecule has 4 rings (SSSR count). The highest BCUT2D eigenvalue weighted by Gasteiger charge is 2.16. The van der Waals surface area contributed by atoms with Gasteiger partial charge in [0, 0.05) is 23.6 Å². The van der Waals surface area contributed by atoms with E-state index in [4.69, 9.17) is 0 Å². The Balaban J connectivity index is 1.72. The average molecular weight is 367 g/mol. The Labute approximate surface area is 162 Å². The molecule has 0 aliphatic rings. The van der Waals surface area contributed by atoms with Crippen LogP contribution in [0, 0.1) is 18.3 Å². The number of hydrogen-bond donors (Lipinski definition) is 1. The molecule has 6 nitrogen and oxygen atoms in total. The zero-order valence-corrected chi connectivity index (χ0v) is 15.5. The molecule has 6 heteroatoms. The highest BCUT2D eigenvalue weighted by Crippen LogP contribution is 2.28. The van der Waals surface area contributed by atoms with E-state index in [1.165, 1.54) is 0 Å². The number of nitriles is 1. The number of carbonyl (C=O) groups excluding carboxylic acids is 1. The maximum absolute atomic E-state index is 13.0. The minimum absolute atomic E-state index is 0.258. The number of benzene rings is 2. The van der Waals surface area contributed by atoms with Crippen LogP contribution in [0.2, 0.25) is 0 Å². The van der Waals surface area contributed by atoms with Crippen molar-refractivity contribution in [3.63, 3.8) is 0 Å². The number of nitrogens with one attached hydrogen (secondary N) is 1. The fraction of sp³-hybridized carbons (Fsp3) is 0.0909. The molecule has 0 bridgehead atoms. The second kappa shape index (κ2) is 6.97. The second-order valence-corrected chi connectivity index (χ2v) is 6.46. The number of rotatable bonds is 3. The number of anilines is 1. The Bertz CT molecular complexity index is 1250. The zero-order chi connectivity index (χ0) is 19.7.